The van der Waals surface area contributed by atoms with E-state index in [-0.39, 0.29) is 5.91 Å². The van der Waals surface area contributed by atoms with Crippen LogP contribution < -0.4 is 5.32 Å². The number of carbonyl (C=O) groups excluding carboxylic acids is 1. The second-order valence-corrected chi connectivity index (χ2v) is 7.16. The van der Waals surface area contributed by atoms with Crippen LogP contribution in [-0.2, 0) is 4.79 Å². The van der Waals surface area contributed by atoms with Gasteiger partial charge >= 0.3 is 0 Å². The smallest absolute Gasteiger partial charge is 0.250 e. The van der Waals surface area contributed by atoms with E-state index in [0.29, 0.717) is 5.13 Å². The number of carbonyl (C=O) groups is 1. The van der Waals surface area contributed by atoms with Crippen molar-refractivity contribution >= 4 is 28.5 Å². The van der Waals surface area contributed by atoms with Gasteiger partial charge in [0.25, 0.3) is 0 Å². The quantitative estimate of drug-likeness (QED) is 0.422. The van der Waals surface area contributed by atoms with Crippen LogP contribution in [0.1, 0.15) is 5.56 Å². The molecule has 0 aliphatic heterocycles. The highest BCUT2D eigenvalue weighted by Crippen LogP contribution is 2.38. The summed E-state index contributed by atoms with van der Waals surface area (Å²) in [6, 6.07) is 29.9. The number of anilines is 1. The Bertz CT molecular complexity index is 1030. The molecule has 1 N–H and O–H groups in total. The van der Waals surface area contributed by atoms with Gasteiger partial charge in [0.1, 0.15) is 0 Å². The zero-order valence-corrected chi connectivity index (χ0v) is 15.9. The van der Waals surface area contributed by atoms with E-state index in [2.05, 4.69) is 17.4 Å². The third-order valence-corrected chi connectivity index (χ3v) is 5.19. The molecule has 0 unspecified atom stereocenters. The number of amides is 1. The van der Waals surface area contributed by atoms with Gasteiger partial charge in [-0.1, -0.05) is 102 Å². The summed E-state index contributed by atoms with van der Waals surface area (Å²) in [6.45, 7) is 0. The van der Waals surface area contributed by atoms with E-state index in [0.717, 1.165) is 27.3 Å². The first-order valence-electron chi connectivity index (χ1n) is 8.95. The Balaban J connectivity index is 1.62. The fourth-order valence-electron chi connectivity index (χ4n) is 2.83. The normalized spacial score (nSPS) is 10.9. The molecule has 1 heterocycles. The first-order chi connectivity index (χ1) is 13.8. The summed E-state index contributed by atoms with van der Waals surface area (Å²) in [6.07, 6.45) is 3.32. The van der Waals surface area contributed by atoms with Crippen molar-refractivity contribution in [2.45, 2.75) is 0 Å². The van der Waals surface area contributed by atoms with Crippen molar-refractivity contribution in [2.24, 2.45) is 0 Å². The first kappa shape index (κ1) is 17.9. The molecule has 0 saturated carbocycles. The van der Waals surface area contributed by atoms with Gasteiger partial charge in [0, 0.05) is 11.6 Å². The summed E-state index contributed by atoms with van der Waals surface area (Å²) in [5.74, 6) is -0.197. The molecule has 1 amide bonds. The fourth-order valence-corrected chi connectivity index (χ4v) is 3.83. The minimum absolute atomic E-state index is 0.197. The molecule has 0 aliphatic carbocycles. The molecule has 4 aromatic rings. The van der Waals surface area contributed by atoms with Gasteiger partial charge in [0.2, 0.25) is 5.91 Å². The Morgan fingerprint density at radius 1 is 0.786 bits per heavy atom. The zero-order chi connectivity index (χ0) is 19.2. The van der Waals surface area contributed by atoms with Gasteiger partial charge in [-0.2, -0.15) is 0 Å². The molecule has 0 bridgehead atoms. The predicted molar refractivity (Wildman–Crippen MR) is 117 cm³/mol. The average molecular weight is 382 g/mol. The van der Waals surface area contributed by atoms with E-state index < -0.39 is 0 Å². The Labute approximate surface area is 168 Å². The minimum Gasteiger partial charge on any atom is -0.298 e. The molecule has 0 atom stereocenters. The zero-order valence-electron chi connectivity index (χ0n) is 15.1. The Morgan fingerprint density at radius 2 is 1.36 bits per heavy atom. The number of thiazole rings is 1. The topological polar surface area (TPSA) is 42.0 Å². The highest BCUT2D eigenvalue weighted by atomic mass is 32.1. The maximum absolute atomic E-state index is 12.3. The van der Waals surface area contributed by atoms with Crippen molar-refractivity contribution < 1.29 is 4.79 Å². The number of aromatic nitrogens is 1. The highest BCUT2D eigenvalue weighted by molar-refractivity contribution is 7.19. The Kier molecular flexibility index (Phi) is 5.41. The summed E-state index contributed by atoms with van der Waals surface area (Å²) in [5.41, 5.74) is 3.96. The number of nitrogens with one attached hydrogen (secondary N) is 1. The predicted octanol–water partition coefficient (Wildman–Crippen LogP) is 6.13. The Morgan fingerprint density at radius 3 is 2.00 bits per heavy atom. The molecular weight excluding hydrogens is 364 g/mol. The van der Waals surface area contributed by atoms with Crippen molar-refractivity contribution in [3.05, 3.63) is 103 Å². The number of nitrogens with zero attached hydrogens (tertiary/aromatic N) is 1. The monoisotopic (exact) mass is 382 g/mol. The number of hydrogen-bond donors (Lipinski definition) is 1. The molecule has 0 fully saturated rings. The van der Waals surface area contributed by atoms with Crippen molar-refractivity contribution in [2.75, 3.05) is 5.32 Å². The van der Waals surface area contributed by atoms with Gasteiger partial charge in [-0.05, 0) is 17.2 Å². The second kappa shape index (κ2) is 8.46. The van der Waals surface area contributed by atoms with E-state index in [1.54, 1.807) is 6.08 Å². The number of rotatable bonds is 5. The molecule has 1 aromatic heterocycles. The largest absolute Gasteiger partial charge is 0.298 e. The van der Waals surface area contributed by atoms with Crippen LogP contribution in [-0.4, -0.2) is 10.9 Å². The molecule has 4 rings (SSSR count). The van der Waals surface area contributed by atoms with Crippen LogP contribution >= 0.6 is 11.3 Å². The summed E-state index contributed by atoms with van der Waals surface area (Å²) >= 11 is 1.48. The van der Waals surface area contributed by atoms with Crippen LogP contribution in [0.4, 0.5) is 5.13 Å². The summed E-state index contributed by atoms with van der Waals surface area (Å²) in [5, 5.41) is 3.48. The number of hydrogen-bond acceptors (Lipinski definition) is 3. The SMILES string of the molecule is O=C(/C=C/c1ccccc1)Nc1nc(-c2ccccc2)c(-c2ccccc2)s1. The van der Waals surface area contributed by atoms with Gasteiger partial charge in [-0.25, -0.2) is 4.98 Å². The van der Waals surface area contributed by atoms with Crippen molar-refractivity contribution in [1.82, 2.24) is 4.98 Å². The van der Waals surface area contributed by atoms with Gasteiger partial charge in [0.15, 0.2) is 5.13 Å². The maximum atomic E-state index is 12.3. The van der Waals surface area contributed by atoms with E-state index >= 15 is 0 Å². The molecule has 28 heavy (non-hydrogen) atoms. The van der Waals surface area contributed by atoms with Gasteiger partial charge < -0.3 is 0 Å². The molecule has 0 radical (unpaired) electrons. The lowest BCUT2D eigenvalue weighted by Gasteiger charge is -2.02. The van der Waals surface area contributed by atoms with Crippen LogP contribution in [0.5, 0.6) is 0 Å². The number of benzene rings is 3. The van der Waals surface area contributed by atoms with Crippen molar-refractivity contribution in [3.8, 4) is 21.7 Å². The van der Waals surface area contributed by atoms with Crippen LogP contribution in [0, 0.1) is 0 Å². The molecule has 3 nitrogen and oxygen atoms in total. The van der Waals surface area contributed by atoms with Crippen molar-refractivity contribution in [1.29, 1.82) is 0 Å². The third-order valence-electron chi connectivity index (χ3n) is 4.17. The average Bonchev–Trinajstić information content (AvgIpc) is 3.18. The van der Waals surface area contributed by atoms with Gasteiger partial charge in [-0.3, -0.25) is 10.1 Å². The van der Waals surface area contributed by atoms with E-state index in [1.165, 1.54) is 17.4 Å². The third kappa shape index (κ3) is 4.24. The molecule has 0 spiro atoms. The van der Waals surface area contributed by atoms with Gasteiger partial charge in [0.05, 0.1) is 10.6 Å². The molecule has 4 heteroatoms. The standard InChI is InChI=1S/C24H18N2OS/c27-21(17-16-18-10-4-1-5-11-18)25-24-26-22(19-12-6-2-7-13-19)23(28-24)20-14-8-3-9-15-20/h1-17H,(H,25,26,27)/b17-16+. The van der Waals surface area contributed by atoms with E-state index in [1.807, 2.05) is 78.9 Å². The maximum Gasteiger partial charge on any atom is 0.250 e. The molecular formula is C24H18N2OS. The summed E-state index contributed by atoms with van der Waals surface area (Å²) in [4.78, 5) is 18.1. The van der Waals surface area contributed by atoms with Crippen LogP contribution in [0.15, 0.2) is 97.1 Å². The van der Waals surface area contributed by atoms with E-state index in [9.17, 15) is 4.79 Å². The van der Waals surface area contributed by atoms with Crippen LogP contribution in [0.2, 0.25) is 0 Å². The molecule has 0 aliphatic rings. The van der Waals surface area contributed by atoms with Gasteiger partial charge in [-0.15, -0.1) is 0 Å². The first-order valence-corrected chi connectivity index (χ1v) is 9.77. The Hall–Kier alpha value is -3.50. The molecule has 3 aromatic carbocycles. The lowest BCUT2D eigenvalue weighted by Crippen LogP contribution is -2.07. The summed E-state index contributed by atoms with van der Waals surface area (Å²) < 4.78 is 0. The summed E-state index contributed by atoms with van der Waals surface area (Å²) in [7, 11) is 0. The molecule has 0 saturated heterocycles. The fraction of sp³-hybridized carbons (Fsp3) is 0. The molecule has 136 valence electrons. The van der Waals surface area contributed by atoms with Crippen LogP contribution in [0.25, 0.3) is 27.8 Å². The van der Waals surface area contributed by atoms with E-state index in [4.69, 9.17) is 4.98 Å². The lowest BCUT2D eigenvalue weighted by atomic mass is 10.1. The lowest BCUT2D eigenvalue weighted by molar-refractivity contribution is -0.111. The highest BCUT2D eigenvalue weighted by Gasteiger charge is 2.15. The second-order valence-electron chi connectivity index (χ2n) is 6.16. The van der Waals surface area contributed by atoms with Crippen LogP contribution in [0.3, 0.4) is 0 Å². The minimum atomic E-state index is -0.197. The van der Waals surface area contributed by atoms with Crippen molar-refractivity contribution in [3.63, 3.8) is 0 Å².